The van der Waals surface area contributed by atoms with Crippen LogP contribution in [0, 0.1) is 11.8 Å². The second-order valence-electron chi connectivity index (χ2n) is 9.07. The van der Waals surface area contributed by atoms with Crippen molar-refractivity contribution in [2.45, 2.75) is 25.4 Å². The molecular weight excluding hydrogens is 392 g/mol. The Morgan fingerprint density at radius 3 is 2.61 bits per heavy atom. The van der Waals surface area contributed by atoms with Crippen LogP contribution in [0.25, 0.3) is 0 Å². The van der Waals surface area contributed by atoms with Crippen LogP contribution in [-0.2, 0) is 18.4 Å². The van der Waals surface area contributed by atoms with Gasteiger partial charge in [-0.1, -0.05) is 18.2 Å². The maximum Gasteiger partial charge on any atom is 0.270 e. The minimum Gasteiger partial charge on any atom is -0.492 e. The van der Waals surface area contributed by atoms with Crippen LogP contribution in [0.2, 0.25) is 0 Å². The first kappa shape index (κ1) is 20.1. The molecule has 2 fully saturated rings. The van der Waals surface area contributed by atoms with Gasteiger partial charge in [0.15, 0.2) is 0 Å². The van der Waals surface area contributed by atoms with E-state index in [0.717, 1.165) is 56.0 Å². The predicted molar refractivity (Wildman–Crippen MR) is 117 cm³/mol. The summed E-state index contributed by atoms with van der Waals surface area (Å²) >= 11 is 0. The standard InChI is InChI=1S/C24H30N4O3/c1-26-10-4-6-20(26)24(30)28-14-18-8-9-19(15-28)23(18)25-22(29)16-27-11-12-31-21-7-3-2-5-17(21)13-27/h2-7,10,18-19,23H,8-9,11-16H2,1H3,(H,25,29)/t18-,19+,23?. The number of rotatable bonds is 4. The molecular formula is C24H30N4O3. The molecule has 1 N–H and O–H groups in total. The Balaban J connectivity index is 1.18. The van der Waals surface area contributed by atoms with Crippen LogP contribution in [0.3, 0.4) is 0 Å². The summed E-state index contributed by atoms with van der Waals surface area (Å²) in [7, 11) is 1.90. The summed E-state index contributed by atoms with van der Waals surface area (Å²) in [6.45, 7) is 3.86. The molecule has 1 aromatic carbocycles. The van der Waals surface area contributed by atoms with Crippen molar-refractivity contribution in [2.75, 3.05) is 32.8 Å². The SMILES string of the molecule is Cn1cccc1C(=O)N1C[C@H]2CC[C@@H](C1)C2NC(=O)CN1CCOc2ccccc2C1. The summed E-state index contributed by atoms with van der Waals surface area (Å²) in [5.41, 5.74) is 1.85. The van der Waals surface area contributed by atoms with Gasteiger partial charge in [0.25, 0.3) is 5.91 Å². The van der Waals surface area contributed by atoms with Gasteiger partial charge in [0.1, 0.15) is 18.1 Å². The first-order valence-corrected chi connectivity index (χ1v) is 11.2. The lowest BCUT2D eigenvalue weighted by molar-refractivity contribution is -0.124. The number of hydrogen-bond acceptors (Lipinski definition) is 4. The van der Waals surface area contributed by atoms with Gasteiger partial charge in [0.2, 0.25) is 5.91 Å². The number of fused-ring (bicyclic) bond motifs is 3. The molecule has 2 aliphatic heterocycles. The van der Waals surface area contributed by atoms with Crippen molar-refractivity contribution in [1.29, 1.82) is 0 Å². The van der Waals surface area contributed by atoms with Gasteiger partial charge in [-0.15, -0.1) is 0 Å². The van der Waals surface area contributed by atoms with Crippen LogP contribution in [0.4, 0.5) is 0 Å². The Hall–Kier alpha value is -2.80. The summed E-state index contributed by atoms with van der Waals surface area (Å²) in [6.07, 6.45) is 4.04. The lowest BCUT2D eigenvalue weighted by Gasteiger charge is -2.38. The summed E-state index contributed by atoms with van der Waals surface area (Å²) in [5.74, 6) is 1.75. The van der Waals surface area contributed by atoms with Gasteiger partial charge in [-0.05, 0) is 42.9 Å². The minimum atomic E-state index is 0.0727. The number of aryl methyl sites for hydroxylation is 1. The van der Waals surface area contributed by atoms with E-state index in [2.05, 4.69) is 16.3 Å². The summed E-state index contributed by atoms with van der Waals surface area (Å²) in [4.78, 5) is 29.9. The van der Waals surface area contributed by atoms with Gasteiger partial charge >= 0.3 is 0 Å². The molecule has 1 unspecified atom stereocenters. The maximum absolute atomic E-state index is 12.9. The van der Waals surface area contributed by atoms with Crippen molar-refractivity contribution in [3.63, 3.8) is 0 Å². The molecule has 1 aromatic heterocycles. The largest absolute Gasteiger partial charge is 0.492 e. The third-order valence-electron chi connectivity index (χ3n) is 7.01. The zero-order valence-electron chi connectivity index (χ0n) is 18.0. The lowest BCUT2D eigenvalue weighted by Crippen LogP contribution is -2.55. The molecule has 2 bridgehead atoms. The molecule has 3 atom stereocenters. The van der Waals surface area contributed by atoms with Crippen LogP contribution in [0.1, 0.15) is 28.9 Å². The van der Waals surface area contributed by atoms with Crippen LogP contribution in [0.15, 0.2) is 42.6 Å². The van der Waals surface area contributed by atoms with Gasteiger partial charge in [-0.25, -0.2) is 0 Å². The number of hydrogen-bond donors (Lipinski definition) is 1. The number of aromatic nitrogens is 1. The van der Waals surface area contributed by atoms with Crippen LogP contribution < -0.4 is 10.1 Å². The van der Waals surface area contributed by atoms with E-state index < -0.39 is 0 Å². The second-order valence-corrected chi connectivity index (χ2v) is 9.07. The number of para-hydroxylation sites is 1. The number of nitrogens with zero attached hydrogens (tertiary/aromatic N) is 3. The maximum atomic E-state index is 12.9. The zero-order chi connectivity index (χ0) is 21.4. The first-order valence-electron chi connectivity index (χ1n) is 11.2. The molecule has 3 aliphatic rings. The number of piperidine rings is 1. The molecule has 7 nitrogen and oxygen atoms in total. The molecule has 1 saturated carbocycles. The van der Waals surface area contributed by atoms with Gasteiger partial charge in [-0.2, -0.15) is 0 Å². The van der Waals surface area contributed by atoms with E-state index in [-0.39, 0.29) is 17.9 Å². The van der Waals surface area contributed by atoms with Crippen molar-refractivity contribution >= 4 is 11.8 Å². The molecule has 164 valence electrons. The van der Waals surface area contributed by atoms with Crippen molar-refractivity contribution in [3.8, 4) is 5.75 Å². The molecule has 1 aliphatic carbocycles. The topological polar surface area (TPSA) is 66.8 Å². The van der Waals surface area contributed by atoms with E-state index in [1.54, 1.807) is 0 Å². The second kappa shape index (κ2) is 8.38. The molecule has 2 aromatic rings. The predicted octanol–water partition coefficient (Wildman–Crippen LogP) is 1.89. The Morgan fingerprint density at radius 1 is 1.10 bits per heavy atom. The third-order valence-corrected chi connectivity index (χ3v) is 7.01. The Kier molecular flexibility index (Phi) is 5.44. The fourth-order valence-electron chi connectivity index (χ4n) is 5.42. The van der Waals surface area contributed by atoms with Gasteiger partial charge in [0.05, 0.1) is 6.54 Å². The smallest absolute Gasteiger partial charge is 0.270 e. The van der Waals surface area contributed by atoms with E-state index in [0.29, 0.717) is 25.0 Å². The van der Waals surface area contributed by atoms with Crippen molar-refractivity contribution in [3.05, 3.63) is 53.9 Å². The number of carbonyl (C=O) groups excluding carboxylic acids is 2. The average Bonchev–Trinajstić information content (AvgIpc) is 3.18. The monoisotopic (exact) mass is 422 g/mol. The van der Waals surface area contributed by atoms with E-state index >= 15 is 0 Å². The fraction of sp³-hybridized carbons (Fsp3) is 0.500. The molecule has 5 rings (SSSR count). The van der Waals surface area contributed by atoms with E-state index in [1.807, 2.05) is 53.0 Å². The quantitative estimate of drug-likeness (QED) is 0.817. The Labute approximate surface area is 183 Å². The lowest BCUT2D eigenvalue weighted by atomic mass is 9.91. The minimum absolute atomic E-state index is 0.0727. The summed E-state index contributed by atoms with van der Waals surface area (Å²) in [6, 6.07) is 12.0. The van der Waals surface area contributed by atoms with Crippen molar-refractivity contribution in [2.24, 2.45) is 18.9 Å². The first-order chi connectivity index (χ1) is 15.1. The van der Waals surface area contributed by atoms with E-state index in [1.165, 1.54) is 0 Å². The van der Waals surface area contributed by atoms with Gasteiger partial charge < -0.3 is 19.5 Å². The molecule has 1 saturated heterocycles. The van der Waals surface area contributed by atoms with Crippen molar-refractivity contribution in [1.82, 2.24) is 19.7 Å². The molecule has 31 heavy (non-hydrogen) atoms. The average molecular weight is 423 g/mol. The number of benzene rings is 1. The summed E-state index contributed by atoms with van der Waals surface area (Å²) in [5, 5.41) is 3.31. The highest BCUT2D eigenvalue weighted by molar-refractivity contribution is 5.93. The molecule has 0 radical (unpaired) electrons. The van der Waals surface area contributed by atoms with Crippen LogP contribution >= 0.6 is 0 Å². The van der Waals surface area contributed by atoms with Crippen LogP contribution in [-0.4, -0.2) is 65.0 Å². The zero-order valence-corrected chi connectivity index (χ0v) is 18.0. The summed E-state index contributed by atoms with van der Waals surface area (Å²) < 4.78 is 7.69. The highest BCUT2D eigenvalue weighted by atomic mass is 16.5. The number of nitrogens with one attached hydrogen (secondary N) is 1. The number of carbonyl (C=O) groups is 2. The Bertz CT molecular complexity index is 957. The highest BCUT2D eigenvalue weighted by Gasteiger charge is 2.44. The van der Waals surface area contributed by atoms with Gasteiger partial charge in [0, 0.05) is 51.0 Å². The van der Waals surface area contributed by atoms with Crippen molar-refractivity contribution < 1.29 is 14.3 Å². The Morgan fingerprint density at radius 2 is 1.87 bits per heavy atom. The number of ether oxygens (including phenoxy) is 1. The van der Waals surface area contributed by atoms with Crippen LogP contribution in [0.5, 0.6) is 5.75 Å². The highest BCUT2D eigenvalue weighted by Crippen LogP contribution is 2.37. The molecule has 0 spiro atoms. The molecule has 3 heterocycles. The number of likely N-dealkylation sites (tertiary alicyclic amines) is 1. The third kappa shape index (κ3) is 4.06. The number of amides is 2. The molecule has 2 amide bonds. The normalized spacial score (nSPS) is 25.5. The molecule has 7 heteroatoms. The van der Waals surface area contributed by atoms with Gasteiger partial charge in [-0.3, -0.25) is 14.5 Å². The fourth-order valence-corrected chi connectivity index (χ4v) is 5.42. The van der Waals surface area contributed by atoms with E-state index in [4.69, 9.17) is 4.74 Å². The van der Waals surface area contributed by atoms with E-state index in [9.17, 15) is 9.59 Å².